The Morgan fingerprint density at radius 1 is 1.33 bits per heavy atom. The lowest BCUT2D eigenvalue weighted by Gasteiger charge is -2.22. The van der Waals surface area contributed by atoms with E-state index in [0.29, 0.717) is 25.1 Å². The van der Waals surface area contributed by atoms with Crippen LogP contribution in [0.5, 0.6) is 0 Å². The van der Waals surface area contributed by atoms with Crippen LogP contribution in [-0.2, 0) is 9.53 Å². The summed E-state index contributed by atoms with van der Waals surface area (Å²) in [5.74, 6) is -0.287. The lowest BCUT2D eigenvalue weighted by Crippen LogP contribution is -2.35. The van der Waals surface area contributed by atoms with E-state index in [1.165, 1.54) is 7.11 Å². The van der Waals surface area contributed by atoms with Crippen molar-refractivity contribution in [3.05, 3.63) is 36.0 Å². The molecule has 0 spiro atoms. The van der Waals surface area contributed by atoms with Crippen LogP contribution in [-0.4, -0.2) is 42.0 Å². The van der Waals surface area contributed by atoms with Crippen molar-refractivity contribution in [3.63, 3.8) is 0 Å². The lowest BCUT2D eigenvalue weighted by atomic mass is 9.90. The van der Waals surface area contributed by atoms with Gasteiger partial charge in [-0.25, -0.2) is 0 Å². The van der Waals surface area contributed by atoms with E-state index in [0.717, 1.165) is 10.9 Å². The van der Waals surface area contributed by atoms with Gasteiger partial charge in [0.15, 0.2) is 0 Å². The number of likely N-dealkylation sites (tertiary alicyclic amines) is 1. The van der Waals surface area contributed by atoms with Crippen LogP contribution in [0.2, 0.25) is 0 Å². The Bertz CT molecular complexity index is 706. The summed E-state index contributed by atoms with van der Waals surface area (Å²) in [6, 6.07) is 7.53. The Balaban J connectivity index is 1.87. The van der Waals surface area contributed by atoms with Gasteiger partial charge in [0.2, 0.25) is 0 Å². The molecule has 0 unspecified atom stereocenters. The SMILES string of the molecule is COC(=O)[C@]1(C)CCN(C(=O)c2cccc3[nH]ccc23)C1. The molecule has 1 atom stereocenters. The average Bonchev–Trinajstić information content (AvgIpc) is 3.12. The van der Waals surface area contributed by atoms with Gasteiger partial charge in [-0.15, -0.1) is 0 Å². The van der Waals surface area contributed by atoms with Gasteiger partial charge in [0.1, 0.15) is 0 Å². The number of aromatic amines is 1. The molecule has 3 rings (SSSR count). The molecule has 1 fully saturated rings. The Labute approximate surface area is 122 Å². The zero-order chi connectivity index (χ0) is 15.0. The molecule has 1 aliphatic rings. The van der Waals surface area contributed by atoms with Crippen LogP contribution in [0.1, 0.15) is 23.7 Å². The highest BCUT2D eigenvalue weighted by atomic mass is 16.5. The molecule has 1 saturated heterocycles. The Morgan fingerprint density at radius 3 is 2.90 bits per heavy atom. The molecule has 1 aliphatic heterocycles. The maximum absolute atomic E-state index is 12.7. The van der Waals surface area contributed by atoms with Crippen LogP contribution < -0.4 is 0 Å². The maximum atomic E-state index is 12.7. The van der Waals surface area contributed by atoms with Crippen molar-refractivity contribution in [3.8, 4) is 0 Å². The minimum Gasteiger partial charge on any atom is -0.469 e. The molecule has 1 N–H and O–H groups in total. The lowest BCUT2D eigenvalue weighted by molar-refractivity contribution is -0.150. The summed E-state index contributed by atoms with van der Waals surface area (Å²) in [5, 5.41) is 0.911. The third kappa shape index (κ3) is 2.18. The normalized spacial score (nSPS) is 21.7. The van der Waals surface area contributed by atoms with Crippen LogP contribution >= 0.6 is 0 Å². The van der Waals surface area contributed by atoms with Gasteiger partial charge in [0.05, 0.1) is 12.5 Å². The molecule has 0 bridgehead atoms. The minimum absolute atomic E-state index is 0.0344. The predicted octanol–water partition coefficient (Wildman–Crippen LogP) is 2.19. The van der Waals surface area contributed by atoms with E-state index in [-0.39, 0.29) is 11.9 Å². The first-order valence-electron chi connectivity index (χ1n) is 6.99. The van der Waals surface area contributed by atoms with Crippen molar-refractivity contribution in [2.24, 2.45) is 5.41 Å². The molecular weight excluding hydrogens is 268 g/mol. The molecule has 5 heteroatoms. The zero-order valence-corrected chi connectivity index (χ0v) is 12.2. The number of esters is 1. The topological polar surface area (TPSA) is 62.4 Å². The smallest absolute Gasteiger partial charge is 0.313 e. The molecule has 1 aromatic carbocycles. The summed E-state index contributed by atoms with van der Waals surface area (Å²) in [5.41, 5.74) is 1.01. The second-order valence-corrected chi connectivity index (χ2v) is 5.77. The number of methoxy groups -OCH3 is 1. The second-order valence-electron chi connectivity index (χ2n) is 5.77. The van der Waals surface area contributed by atoms with Crippen molar-refractivity contribution >= 4 is 22.8 Å². The van der Waals surface area contributed by atoms with Crippen molar-refractivity contribution in [2.75, 3.05) is 20.2 Å². The number of H-pyrrole nitrogens is 1. The van der Waals surface area contributed by atoms with E-state index < -0.39 is 5.41 Å². The van der Waals surface area contributed by atoms with Gasteiger partial charge in [-0.1, -0.05) is 6.07 Å². The number of hydrogen-bond donors (Lipinski definition) is 1. The monoisotopic (exact) mass is 286 g/mol. The van der Waals surface area contributed by atoms with Crippen LogP contribution in [0.15, 0.2) is 30.5 Å². The first-order chi connectivity index (χ1) is 10.0. The maximum Gasteiger partial charge on any atom is 0.313 e. The quantitative estimate of drug-likeness (QED) is 0.861. The molecule has 2 aromatic rings. The Kier molecular flexibility index (Phi) is 3.20. The van der Waals surface area contributed by atoms with E-state index >= 15 is 0 Å². The molecule has 1 amide bonds. The fourth-order valence-electron chi connectivity index (χ4n) is 2.99. The number of hydrogen-bond acceptors (Lipinski definition) is 3. The van der Waals surface area contributed by atoms with Crippen LogP contribution in [0.3, 0.4) is 0 Å². The predicted molar refractivity (Wildman–Crippen MR) is 78.9 cm³/mol. The van der Waals surface area contributed by atoms with Crippen molar-refractivity contribution in [1.29, 1.82) is 0 Å². The number of ether oxygens (including phenoxy) is 1. The minimum atomic E-state index is -0.601. The van der Waals surface area contributed by atoms with Crippen LogP contribution in [0, 0.1) is 5.41 Å². The second kappa shape index (κ2) is 4.91. The number of rotatable bonds is 2. The molecule has 21 heavy (non-hydrogen) atoms. The fraction of sp³-hybridized carbons (Fsp3) is 0.375. The number of nitrogens with one attached hydrogen (secondary N) is 1. The van der Waals surface area contributed by atoms with Crippen LogP contribution in [0.25, 0.3) is 10.9 Å². The molecule has 0 aliphatic carbocycles. The molecule has 5 nitrogen and oxygen atoms in total. The Morgan fingerprint density at radius 2 is 2.14 bits per heavy atom. The Hall–Kier alpha value is -2.30. The summed E-state index contributed by atoms with van der Waals surface area (Å²) in [7, 11) is 1.39. The van der Waals surface area contributed by atoms with Gasteiger partial charge < -0.3 is 14.6 Å². The summed E-state index contributed by atoms with van der Waals surface area (Å²) >= 11 is 0. The summed E-state index contributed by atoms with van der Waals surface area (Å²) in [4.78, 5) is 29.4. The number of amides is 1. The summed E-state index contributed by atoms with van der Waals surface area (Å²) in [6.45, 7) is 2.83. The number of benzene rings is 1. The van der Waals surface area contributed by atoms with Crippen molar-refractivity contribution < 1.29 is 14.3 Å². The molecular formula is C16H18N2O3. The number of nitrogens with zero attached hydrogens (tertiary/aromatic N) is 1. The van der Waals surface area contributed by atoms with Gasteiger partial charge in [-0.3, -0.25) is 9.59 Å². The fourth-order valence-corrected chi connectivity index (χ4v) is 2.99. The largest absolute Gasteiger partial charge is 0.469 e. The van der Waals surface area contributed by atoms with Crippen molar-refractivity contribution in [2.45, 2.75) is 13.3 Å². The highest BCUT2D eigenvalue weighted by Crippen LogP contribution is 2.32. The van der Waals surface area contributed by atoms with Crippen molar-refractivity contribution in [1.82, 2.24) is 9.88 Å². The third-order valence-electron chi connectivity index (χ3n) is 4.26. The van der Waals surface area contributed by atoms with Gasteiger partial charge in [0, 0.05) is 35.8 Å². The first-order valence-corrected chi connectivity index (χ1v) is 6.99. The van der Waals surface area contributed by atoms with Gasteiger partial charge in [-0.05, 0) is 31.5 Å². The summed E-state index contributed by atoms with van der Waals surface area (Å²) < 4.78 is 4.85. The number of aromatic nitrogens is 1. The van der Waals surface area contributed by atoms with E-state index in [1.807, 2.05) is 37.4 Å². The highest BCUT2D eigenvalue weighted by Gasteiger charge is 2.43. The highest BCUT2D eigenvalue weighted by molar-refractivity contribution is 6.06. The van der Waals surface area contributed by atoms with Gasteiger partial charge >= 0.3 is 5.97 Å². The molecule has 0 radical (unpaired) electrons. The van der Waals surface area contributed by atoms with Gasteiger partial charge in [0.25, 0.3) is 5.91 Å². The molecule has 110 valence electrons. The van der Waals surface area contributed by atoms with E-state index in [1.54, 1.807) is 4.90 Å². The number of fused-ring (bicyclic) bond motifs is 1. The average molecular weight is 286 g/mol. The zero-order valence-electron chi connectivity index (χ0n) is 12.2. The standard InChI is InChI=1S/C16H18N2O3/c1-16(15(20)21-2)7-9-18(10-16)14(19)12-4-3-5-13-11(12)6-8-17-13/h3-6,8,17H,7,9-10H2,1-2H3/t16-/m1/s1. The van der Waals surface area contributed by atoms with E-state index in [4.69, 9.17) is 4.74 Å². The number of carbonyl (C=O) groups excluding carboxylic acids is 2. The number of carbonyl (C=O) groups is 2. The first kappa shape index (κ1) is 13.7. The third-order valence-corrected chi connectivity index (χ3v) is 4.26. The van der Waals surface area contributed by atoms with E-state index in [2.05, 4.69) is 4.98 Å². The van der Waals surface area contributed by atoms with E-state index in [9.17, 15) is 9.59 Å². The van der Waals surface area contributed by atoms with Gasteiger partial charge in [-0.2, -0.15) is 0 Å². The van der Waals surface area contributed by atoms with Crippen LogP contribution in [0.4, 0.5) is 0 Å². The summed E-state index contributed by atoms with van der Waals surface area (Å²) in [6.07, 6.45) is 2.46. The molecule has 1 aromatic heterocycles. The molecule has 0 saturated carbocycles. The molecule has 2 heterocycles.